The largest absolute Gasteiger partial charge is 0.497 e. The van der Waals surface area contributed by atoms with Crippen LogP contribution in [0.2, 0.25) is 0 Å². The number of rotatable bonds is 7. The number of aromatic nitrogens is 4. The van der Waals surface area contributed by atoms with Crippen LogP contribution in [0.4, 0.5) is 5.82 Å². The van der Waals surface area contributed by atoms with Gasteiger partial charge in [-0.05, 0) is 36.2 Å². The van der Waals surface area contributed by atoms with Gasteiger partial charge in [0.2, 0.25) is 0 Å². The van der Waals surface area contributed by atoms with E-state index in [2.05, 4.69) is 58.9 Å². The Hall–Kier alpha value is -3.49. The molecule has 0 amide bonds. The van der Waals surface area contributed by atoms with E-state index in [9.17, 15) is 0 Å². The standard InChI is InChI=1S/C25H26N6OS/c1-15(27-13-16-7-5-10-19(11-16)32-4)17-8-6-9-18(12-17)24-29-21-22-20(28-14-31(22)3)23(26-2)30-25(21)33-24/h5-12,14-15,27H,13H2,1-4H3,(H,26,30). The lowest BCUT2D eigenvalue weighted by Gasteiger charge is -2.15. The minimum atomic E-state index is 0.184. The van der Waals surface area contributed by atoms with Crippen LogP contribution in [-0.2, 0) is 13.6 Å². The fourth-order valence-electron chi connectivity index (χ4n) is 3.99. The van der Waals surface area contributed by atoms with Gasteiger partial charge in [-0.25, -0.2) is 15.0 Å². The van der Waals surface area contributed by atoms with Crippen molar-refractivity contribution in [2.24, 2.45) is 7.05 Å². The first-order valence-corrected chi connectivity index (χ1v) is 11.6. The van der Waals surface area contributed by atoms with Gasteiger partial charge in [0.25, 0.3) is 0 Å². The minimum Gasteiger partial charge on any atom is -0.497 e. The molecule has 8 heteroatoms. The maximum atomic E-state index is 5.33. The second-order valence-corrected chi connectivity index (χ2v) is 8.99. The fraction of sp³-hybridized carbons (Fsp3) is 0.240. The summed E-state index contributed by atoms with van der Waals surface area (Å²) >= 11 is 1.60. The van der Waals surface area contributed by atoms with Crippen LogP contribution < -0.4 is 15.4 Å². The van der Waals surface area contributed by atoms with E-state index in [1.54, 1.807) is 18.4 Å². The highest BCUT2D eigenvalue weighted by molar-refractivity contribution is 7.21. The summed E-state index contributed by atoms with van der Waals surface area (Å²) in [6.07, 6.45) is 1.81. The molecule has 0 fully saturated rings. The van der Waals surface area contributed by atoms with E-state index in [0.29, 0.717) is 0 Å². The van der Waals surface area contributed by atoms with Gasteiger partial charge in [-0.2, -0.15) is 0 Å². The Labute approximate surface area is 196 Å². The highest BCUT2D eigenvalue weighted by atomic mass is 32.1. The smallest absolute Gasteiger partial charge is 0.155 e. The Kier molecular flexibility index (Phi) is 5.70. The van der Waals surface area contributed by atoms with Gasteiger partial charge >= 0.3 is 0 Å². The van der Waals surface area contributed by atoms with Crippen LogP contribution >= 0.6 is 11.3 Å². The summed E-state index contributed by atoms with van der Waals surface area (Å²) in [5.74, 6) is 1.65. The van der Waals surface area contributed by atoms with Gasteiger partial charge in [0.15, 0.2) is 5.82 Å². The van der Waals surface area contributed by atoms with E-state index in [0.717, 1.165) is 50.1 Å². The third kappa shape index (κ3) is 4.03. The van der Waals surface area contributed by atoms with E-state index in [4.69, 9.17) is 14.7 Å². The van der Waals surface area contributed by atoms with Gasteiger partial charge in [-0.1, -0.05) is 41.7 Å². The molecule has 0 radical (unpaired) electrons. The molecule has 3 aromatic heterocycles. The molecule has 1 unspecified atom stereocenters. The molecular weight excluding hydrogens is 432 g/mol. The number of nitrogens with one attached hydrogen (secondary N) is 2. The highest BCUT2D eigenvalue weighted by Gasteiger charge is 2.17. The van der Waals surface area contributed by atoms with Gasteiger partial charge in [-0.3, -0.25) is 0 Å². The second kappa shape index (κ2) is 8.80. The van der Waals surface area contributed by atoms with E-state index in [-0.39, 0.29) is 6.04 Å². The third-order valence-electron chi connectivity index (χ3n) is 5.83. The number of ether oxygens (including phenoxy) is 1. The summed E-state index contributed by atoms with van der Waals surface area (Å²) in [5.41, 5.74) is 6.22. The molecule has 1 atom stereocenters. The molecule has 3 heterocycles. The van der Waals surface area contributed by atoms with E-state index in [1.165, 1.54) is 11.1 Å². The van der Waals surface area contributed by atoms with Crippen LogP contribution in [-0.4, -0.2) is 33.7 Å². The molecule has 0 aliphatic carbocycles. The van der Waals surface area contributed by atoms with Gasteiger partial charge in [0.1, 0.15) is 32.1 Å². The topological polar surface area (TPSA) is 76.9 Å². The molecule has 0 saturated heterocycles. The third-order valence-corrected chi connectivity index (χ3v) is 6.82. The highest BCUT2D eigenvalue weighted by Crippen LogP contribution is 2.35. The van der Waals surface area contributed by atoms with Crippen molar-refractivity contribution in [3.8, 4) is 16.3 Å². The molecule has 5 aromatic rings. The molecule has 2 aromatic carbocycles. The Morgan fingerprint density at radius 3 is 2.76 bits per heavy atom. The van der Waals surface area contributed by atoms with Crippen LogP contribution in [0.15, 0.2) is 54.9 Å². The fourth-order valence-corrected chi connectivity index (χ4v) is 4.93. The molecule has 0 aliphatic heterocycles. The maximum Gasteiger partial charge on any atom is 0.155 e. The number of pyridine rings is 1. The first-order valence-electron chi connectivity index (χ1n) is 10.8. The van der Waals surface area contributed by atoms with Crippen molar-refractivity contribution in [1.82, 2.24) is 24.8 Å². The number of anilines is 1. The zero-order chi connectivity index (χ0) is 22.9. The molecule has 0 bridgehead atoms. The molecule has 5 rings (SSSR count). The van der Waals surface area contributed by atoms with Gasteiger partial charge in [0.05, 0.1) is 13.4 Å². The monoisotopic (exact) mass is 458 g/mol. The number of nitrogens with zero attached hydrogens (tertiary/aromatic N) is 4. The Morgan fingerprint density at radius 1 is 1.09 bits per heavy atom. The number of fused-ring (bicyclic) bond motifs is 3. The van der Waals surface area contributed by atoms with Crippen molar-refractivity contribution in [3.05, 3.63) is 66.0 Å². The van der Waals surface area contributed by atoms with Crippen molar-refractivity contribution in [2.45, 2.75) is 19.5 Å². The molecule has 0 saturated carbocycles. The summed E-state index contributed by atoms with van der Waals surface area (Å²) in [5, 5.41) is 7.72. The van der Waals surface area contributed by atoms with Crippen LogP contribution in [0.25, 0.3) is 32.0 Å². The lowest BCUT2D eigenvalue weighted by molar-refractivity contribution is 0.414. The van der Waals surface area contributed by atoms with Crippen molar-refractivity contribution < 1.29 is 4.74 Å². The summed E-state index contributed by atoms with van der Waals surface area (Å²) in [6.45, 7) is 2.94. The van der Waals surface area contributed by atoms with Gasteiger partial charge in [-0.15, -0.1) is 0 Å². The van der Waals surface area contributed by atoms with Gasteiger partial charge in [0, 0.05) is 32.2 Å². The zero-order valence-corrected chi connectivity index (χ0v) is 19.9. The van der Waals surface area contributed by atoms with Crippen molar-refractivity contribution in [1.29, 1.82) is 0 Å². The molecule has 0 aliphatic rings. The lowest BCUT2D eigenvalue weighted by atomic mass is 10.0. The predicted octanol–water partition coefficient (Wildman–Crippen LogP) is 5.15. The Morgan fingerprint density at radius 2 is 1.94 bits per heavy atom. The zero-order valence-electron chi connectivity index (χ0n) is 19.1. The van der Waals surface area contributed by atoms with Crippen molar-refractivity contribution in [3.63, 3.8) is 0 Å². The molecule has 0 spiro atoms. The number of benzene rings is 2. The lowest BCUT2D eigenvalue weighted by Crippen LogP contribution is -2.18. The van der Waals surface area contributed by atoms with Crippen LogP contribution in [0.3, 0.4) is 0 Å². The van der Waals surface area contributed by atoms with Crippen LogP contribution in [0, 0.1) is 0 Å². The average molecular weight is 459 g/mol. The van der Waals surface area contributed by atoms with E-state index < -0.39 is 0 Å². The summed E-state index contributed by atoms with van der Waals surface area (Å²) < 4.78 is 7.34. The molecule has 168 valence electrons. The summed E-state index contributed by atoms with van der Waals surface area (Å²) in [7, 11) is 5.55. The number of aryl methyl sites for hydroxylation is 1. The SMILES string of the molecule is CNc1nc2sc(-c3cccc(C(C)NCc4cccc(OC)c4)c3)nc2c2c1ncn2C. The minimum absolute atomic E-state index is 0.184. The molecule has 2 N–H and O–H groups in total. The quantitative estimate of drug-likeness (QED) is 0.351. The van der Waals surface area contributed by atoms with E-state index in [1.807, 2.05) is 37.1 Å². The predicted molar refractivity (Wildman–Crippen MR) is 135 cm³/mol. The van der Waals surface area contributed by atoms with E-state index >= 15 is 0 Å². The first-order chi connectivity index (χ1) is 16.1. The molecule has 33 heavy (non-hydrogen) atoms. The van der Waals surface area contributed by atoms with Crippen molar-refractivity contribution >= 4 is 38.5 Å². The number of imidazole rings is 1. The van der Waals surface area contributed by atoms with Crippen LogP contribution in [0.5, 0.6) is 5.75 Å². The summed E-state index contributed by atoms with van der Waals surface area (Å²) in [6, 6.07) is 16.9. The summed E-state index contributed by atoms with van der Waals surface area (Å²) in [4.78, 5) is 15.1. The molecular formula is C25H26N6OS. The maximum absolute atomic E-state index is 5.33. The normalized spacial score (nSPS) is 12.4. The molecule has 7 nitrogen and oxygen atoms in total. The number of hydrogen-bond acceptors (Lipinski definition) is 7. The first kappa shape index (κ1) is 21.4. The second-order valence-electron chi connectivity index (χ2n) is 8.02. The van der Waals surface area contributed by atoms with Crippen LogP contribution in [0.1, 0.15) is 24.1 Å². The number of hydrogen-bond donors (Lipinski definition) is 2. The Bertz CT molecular complexity index is 1440. The number of thiazole rings is 1. The number of methoxy groups -OCH3 is 1. The Balaban J connectivity index is 1.43. The van der Waals surface area contributed by atoms with Gasteiger partial charge < -0.3 is 19.9 Å². The average Bonchev–Trinajstić information content (AvgIpc) is 3.45. The van der Waals surface area contributed by atoms with Crippen molar-refractivity contribution in [2.75, 3.05) is 19.5 Å².